The van der Waals surface area contributed by atoms with Crippen molar-refractivity contribution in [3.63, 3.8) is 0 Å². The number of benzene rings is 2. The maximum atomic E-state index is 13.3. The van der Waals surface area contributed by atoms with E-state index in [9.17, 15) is 14.3 Å². The van der Waals surface area contributed by atoms with E-state index in [0.717, 1.165) is 21.6 Å². The molecule has 0 unspecified atom stereocenters. The molecule has 0 spiro atoms. The van der Waals surface area contributed by atoms with E-state index in [4.69, 9.17) is 0 Å². The molecule has 136 valence electrons. The van der Waals surface area contributed by atoms with Gasteiger partial charge in [0.1, 0.15) is 0 Å². The van der Waals surface area contributed by atoms with Crippen LogP contribution in [0, 0.1) is 30.1 Å². The Kier molecular flexibility index (Phi) is 4.36. The van der Waals surface area contributed by atoms with Crippen molar-refractivity contribution in [2.24, 2.45) is 11.8 Å². The topological polar surface area (TPSA) is 57.9 Å². The number of nitrogens with zero attached hydrogens (tertiary/aromatic N) is 1. The van der Waals surface area contributed by atoms with E-state index in [1.807, 2.05) is 62.4 Å². The highest BCUT2D eigenvalue weighted by molar-refractivity contribution is 7.85. The summed E-state index contributed by atoms with van der Waals surface area (Å²) in [6.07, 6.45) is 2.89. The Labute approximate surface area is 162 Å². The Morgan fingerprint density at radius 3 is 2.52 bits per heavy atom. The second-order valence-electron chi connectivity index (χ2n) is 7.67. The first-order valence-corrected chi connectivity index (χ1v) is 10.3. The van der Waals surface area contributed by atoms with Crippen molar-refractivity contribution in [1.82, 2.24) is 0 Å². The molecule has 2 aliphatic rings. The zero-order chi connectivity index (χ0) is 19.2. The van der Waals surface area contributed by atoms with Crippen LogP contribution in [-0.2, 0) is 21.0 Å². The van der Waals surface area contributed by atoms with E-state index in [1.165, 1.54) is 0 Å². The highest BCUT2D eigenvalue weighted by Gasteiger charge is 2.50. The lowest BCUT2D eigenvalue weighted by atomic mass is 9.78. The molecule has 3 nitrogen and oxygen atoms in total. The van der Waals surface area contributed by atoms with Gasteiger partial charge in [0, 0.05) is 15.7 Å². The largest absolute Gasteiger partial charge is 0.295 e. The number of fused-ring (bicyclic) bond motifs is 1. The third-order valence-electron chi connectivity index (χ3n) is 5.98. The number of rotatable bonds is 3. The van der Waals surface area contributed by atoms with Gasteiger partial charge in [-0.15, -0.1) is 0 Å². The molecule has 27 heavy (non-hydrogen) atoms. The fourth-order valence-electron chi connectivity index (χ4n) is 4.39. The molecule has 0 heterocycles. The molecular weight excluding hydrogens is 354 g/mol. The lowest BCUT2D eigenvalue weighted by Crippen LogP contribution is -2.24. The van der Waals surface area contributed by atoms with Crippen LogP contribution in [0.1, 0.15) is 30.9 Å². The molecule has 4 heteroatoms. The molecule has 4 atom stereocenters. The normalized spacial score (nSPS) is 27.7. The number of aryl methyl sites for hydroxylation is 1. The minimum Gasteiger partial charge on any atom is -0.295 e. The molecule has 0 amide bonds. The molecule has 4 rings (SSSR count). The molecular formula is C23H21NO2S. The van der Waals surface area contributed by atoms with E-state index in [2.05, 4.69) is 6.07 Å². The molecule has 2 aromatic rings. The predicted molar refractivity (Wildman–Crippen MR) is 105 cm³/mol. The van der Waals surface area contributed by atoms with Crippen molar-refractivity contribution in [3.8, 4) is 6.07 Å². The average Bonchev–Trinajstić information content (AvgIpc) is 3.18. The number of carbonyl (C=O) groups excluding carboxylic acids is 1. The Hall–Kier alpha value is -2.51. The highest BCUT2D eigenvalue weighted by atomic mass is 32.2. The van der Waals surface area contributed by atoms with E-state index < -0.39 is 16.2 Å². The fraction of sp³-hybridized carbons (Fsp3) is 0.304. The summed E-state index contributed by atoms with van der Waals surface area (Å²) < 4.78 is 13.3. The molecule has 0 saturated heterocycles. The highest BCUT2D eigenvalue weighted by Crippen LogP contribution is 2.53. The molecule has 2 aromatic carbocycles. The van der Waals surface area contributed by atoms with Gasteiger partial charge in [0.05, 0.1) is 22.3 Å². The van der Waals surface area contributed by atoms with E-state index in [0.29, 0.717) is 17.7 Å². The van der Waals surface area contributed by atoms with Gasteiger partial charge in [-0.05, 0) is 55.5 Å². The Morgan fingerprint density at radius 2 is 1.85 bits per heavy atom. The first-order chi connectivity index (χ1) is 12.9. The van der Waals surface area contributed by atoms with Crippen molar-refractivity contribution < 1.29 is 9.00 Å². The fourth-order valence-corrected chi connectivity index (χ4v) is 5.69. The summed E-state index contributed by atoms with van der Waals surface area (Å²) >= 11 is 0. The van der Waals surface area contributed by atoms with Crippen molar-refractivity contribution in [2.75, 3.05) is 0 Å². The molecule has 1 fully saturated rings. The third-order valence-corrected chi connectivity index (χ3v) is 7.44. The zero-order valence-electron chi connectivity index (χ0n) is 15.4. The number of hydrogen-bond donors (Lipinski definition) is 0. The van der Waals surface area contributed by atoms with Crippen LogP contribution in [0.3, 0.4) is 0 Å². The van der Waals surface area contributed by atoms with Gasteiger partial charge in [-0.3, -0.25) is 4.79 Å². The van der Waals surface area contributed by atoms with Crippen molar-refractivity contribution in [3.05, 3.63) is 71.3 Å². The Bertz CT molecular complexity index is 1020. The van der Waals surface area contributed by atoms with Crippen LogP contribution in [0.25, 0.3) is 0 Å². The van der Waals surface area contributed by atoms with Crippen LogP contribution in [0.5, 0.6) is 0 Å². The standard InChI is InChI=1S/C23H21NO2S/c1-15-7-9-18(10-8-15)27(26)22-6-4-3-5-20(22)23(14-24)12-17-11-21(25)16(2)19(17)13-23/h3-11,16,19H,12-13H2,1-2H3/t16-,19-,23+,27-/m0/s1. The molecule has 0 N–H and O–H groups in total. The molecule has 0 radical (unpaired) electrons. The van der Waals surface area contributed by atoms with Crippen LogP contribution in [0.2, 0.25) is 0 Å². The van der Waals surface area contributed by atoms with Crippen LogP contribution < -0.4 is 0 Å². The van der Waals surface area contributed by atoms with Gasteiger partial charge < -0.3 is 0 Å². The number of hydrogen-bond acceptors (Lipinski definition) is 3. The molecule has 0 bridgehead atoms. The van der Waals surface area contributed by atoms with Gasteiger partial charge in [-0.25, -0.2) is 4.21 Å². The first-order valence-electron chi connectivity index (χ1n) is 9.19. The second-order valence-corrected chi connectivity index (χ2v) is 9.12. The monoisotopic (exact) mass is 375 g/mol. The number of carbonyl (C=O) groups is 1. The van der Waals surface area contributed by atoms with E-state index in [1.54, 1.807) is 6.08 Å². The zero-order valence-corrected chi connectivity index (χ0v) is 16.3. The second kappa shape index (κ2) is 6.58. The summed E-state index contributed by atoms with van der Waals surface area (Å²) in [4.78, 5) is 13.4. The minimum atomic E-state index is -1.35. The van der Waals surface area contributed by atoms with Crippen LogP contribution in [-0.4, -0.2) is 9.99 Å². The van der Waals surface area contributed by atoms with E-state index >= 15 is 0 Å². The van der Waals surface area contributed by atoms with Gasteiger partial charge in [0.15, 0.2) is 5.78 Å². The molecule has 0 aromatic heterocycles. The smallest absolute Gasteiger partial charge is 0.159 e. The third kappa shape index (κ3) is 2.87. The first kappa shape index (κ1) is 17.9. The van der Waals surface area contributed by atoms with Gasteiger partial charge in [-0.1, -0.05) is 48.4 Å². The maximum Gasteiger partial charge on any atom is 0.159 e. The van der Waals surface area contributed by atoms with Gasteiger partial charge in [0.25, 0.3) is 0 Å². The average molecular weight is 375 g/mol. The maximum absolute atomic E-state index is 13.3. The minimum absolute atomic E-state index is 0.0648. The number of ketones is 1. The van der Waals surface area contributed by atoms with E-state index in [-0.39, 0.29) is 17.6 Å². The summed E-state index contributed by atoms with van der Waals surface area (Å²) in [7, 11) is -1.35. The number of allylic oxidation sites excluding steroid dienone is 2. The van der Waals surface area contributed by atoms with Crippen LogP contribution in [0.15, 0.2) is 70.0 Å². The van der Waals surface area contributed by atoms with Gasteiger partial charge >= 0.3 is 0 Å². The Balaban J connectivity index is 1.78. The lowest BCUT2D eigenvalue weighted by molar-refractivity contribution is -0.117. The van der Waals surface area contributed by atoms with Crippen LogP contribution in [0.4, 0.5) is 0 Å². The van der Waals surface area contributed by atoms with Crippen molar-refractivity contribution in [1.29, 1.82) is 5.26 Å². The van der Waals surface area contributed by atoms with Crippen molar-refractivity contribution in [2.45, 2.75) is 41.9 Å². The molecule has 2 aliphatic carbocycles. The summed E-state index contributed by atoms with van der Waals surface area (Å²) in [6.45, 7) is 3.94. The lowest BCUT2D eigenvalue weighted by Gasteiger charge is -2.25. The molecule has 0 aliphatic heterocycles. The molecule has 1 saturated carbocycles. The Morgan fingerprint density at radius 1 is 1.15 bits per heavy atom. The van der Waals surface area contributed by atoms with Crippen LogP contribution >= 0.6 is 0 Å². The summed E-state index contributed by atoms with van der Waals surface area (Å²) in [5, 5.41) is 10.1. The van der Waals surface area contributed by atoms with Gasteiger partial charge in [-0.2, -0.15) is 5.26 Å². The summed E-state index contributed by atoms with van der Waals surface area (Å²) in [5.74, 6) is 0.223. The van der Waals surface area contributed by atoms with Gasteiger partial charge in [0.2, 0.25) is 0 Å². The number of nitriles is 1. The SMILES string of the molecule is Cc1ccc([S@](=O)c2ccccc2[C@]2(C#N)CC3=CC(=O)[C@@H](C)[C@@H]3C2)cc1. The predicted octanol–water partition coefficient (Wildman–Crippen LogP) is 4.48. The van der Waals surface area contributed by atoms with Crippen molar-refractivity contribution >= 4 is 16.6 Å². The quantitative estimate of drug-likeness (QED) is 0.795. The summed E-state index contributed by atoms with van der Waals surface area (Å²) in [6, 6.07) is 17.8. The summed E-state index contributed by atoms with van der Waals surface area (Å²) in [5.41, 5.74) is 2.31.